The van der Waals surface area contributed by atoms with Crippen LogP contribution >= 0.6 is 7.60 Å². The van der Waals surface area contributed by atoms with Gasteiger partial charge in [-0.25, -0.2) is 9.78 Å². The quantitative estimate of drug-likeness (QED) is 0.409. The molecule has 0 saturated carbocycles. The highest BCUT2D eigenvalue weighted by Gasteiger charge is 2.29. The zero-order valence-electron chi connectivity index (χ0n) is 12.2. The molecule has 0 aliphatic heterocycles. The highest BCUT2D eigenvalue weighted by atomic mass is 31.2. The van der Waals surface area contributed by atoms with Gasteiger partial charge in [0.15, 0.2) is 0 Å². The van der Waals surface area contributed by atoms with Gasteiger partial charge in [-0.2, -0.15) is 0 Å². The first-order valence-corrected chi connectivity index (χ1v) is 8.59. The van der Waals surface area contributed by atoms with Gasteiger partial charge in [0.1, 0.15) is 0 Å². The van der Waals surface area contributed by atoms with Crippen molar-refractivity contribution in [2.45, 2.75) is 20.0 Å². The molecule has 6 heteroatoms. The molecule has 2 aromatic carbocycles. The summed E-state index contributed by atoms with van der Waals surface area (Å²) in [4.78, 5) is 9.62. The summed E-state index contributed by atoms with van der Waals surface area (Å²) >= 11 is 0. The number of fused-ring (bicyclic) bond motifs is 1. The monoisotopic (exact) mass is 310 g/mol. The summed E-state index contributed by atoms with van der Waals surface area (Å²) in [7, 11) is -3.52. The van der Waals surface area contributed by atoms with Crippen molar-refractivity contribution in [3.8, 4) is 0 Å². The van der Waals surface area contributed by atoms with Gasteiger partial charge in [0.2, 0.25) is 0 Å². The Morgan fingerprint density at radius 1 is 0.905 bits per heavy atom. The van der Waals surface area contributed by atoms with Crippen LogP contribution in [0.3, 0.4) is 0 Å². The zero-order chi connectivity index (χ0) is 15.1. The second-order valence-electron chi connectivity index (χ2n) is 4.37. The van der Waals surface area contributed by atoms with Crippen LogP contribution in [0.5, 0.6) is 0 Å². The molecule has 0 spiro atoms. The SMILES string of the molecule is CCOOP(=O)(Cc1cccc2ccccc12)OOCC. The Balaban J connectivity index is 2.27. The van der Waals surface area contributed by atoms with Gasteiger partial charge in [0.05, 0.1) is 19.4 Å². The maximum absolute atomic E-state index is 12.6. The third-order valence-electron chi connectivity index (χ3n) is 2.81. The normalized spacial score (nSPS) is 11.9. The lowest BCUT2D eigenvalue weighted by Crippen LogP contribution is -2.02. The number of benzene rings is 2. The largest absolute Gasteiger partial charge is 0.388 e. The predicted octanol–water partition coefficient (Wildman–Crippen LogP) is 4.47. The molecule has 0 aliphatic carbocycles. The summed E-state index contributed by atoms with van der Waals surface area (Å²) in [5.74, 6) is 0. The molecule has 0 aliphatic rings. The highest BCUT2D eigenvalue weighted by Crippen LogP contribution is 2.52. The number of hydrogen-bond acceptors (Lipinski definition) is 5. The van der Waals surface area contributed by atoms with Gasteiger partial charge < -0.3 is 0 Å². The van der Waals surface area contributed by atoms with Crippen LogP contribution in [-0.2, 0) is 29.9 Å². The van der Waals surface area contributed by atoms with E-state index in [1.165, 1.54) is 0 Å². The van der Waals surface area contributed by atoms with Gasteiger partial charge in [0, 0.05) is 0 Å². The first kappa shape index (κ1) is 16.1. The zero-order valence-corrected chi connectivity index (χ0v) is 13.0. The summed E-state index contributed by atoms with van der Waals surface area (Å²) < 4.78 is 22.5. The molecule has 0 radical (unpaired) electrons. The van der Waals surface area contributed by atoms with Gasteiger partial charge in [-0.3, -0.25) is 4.57 Å². The number of hydrogen-bond donors (Lipinski definition) is 0. The molecule has 2 rings (SSSR count). The lowest BCUT2D eigenvalue weighted by molar-refractivity contribution is -0.263. The average Bonchev–Trinajstić information content (AvgIpc) is 2.52. The summed E-state index contributed by atoms with van der Waals surface area (Å²) in [5, 5.41) is 2.06. The molecule has 0 saturated heterocycles. The van der Waals surface area contributed by atoms with E-state index in [0.29, 0.717) is 0 Å². The standard InChI is InChI=1S/C15H19O5P/c1-3-17-19-21(16,20-18-4-2)12-14-10-7-9-13-8-5-6-11-15(13)14/h5-11H,3-4,12H2,1-2H3. The average molecular weight is 310 g/mol. The van der Waals surface area contributed by atoms with Gasteiger partial charge in [0.25, 0.3) is 0 Å². The summed E-state index contributed by atoms with van der Waals surface area (Å²) in [6, 6.07) is 13.6. The van der Waals surface area contributed by atoms with Crippen LogP contribution in [0.2, 0.25) is 0 Å². The molecule has 0 bridgehead atoms. The summed E-state index contributed by atoms with van der Waals surface area (Å²) in [6.45, 7) is 4.02. The van der Waals surface area contributed by atoms with Crippen molar-refractivity contribution >= 4 is 18.4 Å². The Kier molecular flexibility index (Phi) is 5.91. The molecule has 0 fully saturated rings. The molecule has 0 heterocycles. The van der Waals surface area contributed by atoms with E-state index >= 15 is 0 Å². The van der Waals surface area contributed by atoms with Crippen LogP contribution in [0.15, 0.2) is 42.5 Å². The first-order valence-electron chi connectivity index (χ1n) is 6.86. The van der Waals surface area contributed by atoms with Crippen molar-refractivity contribution in [1.29, 1.82) is 0 Å². The Morgan fingerprint density at radius 3 is 2.19 bits per heavy atom. The molecular weight excluding hydrogens is 291 g/mol. The second-order valence-corrected chi connectivity index (χ2v) is 6.21. The Hall–Kier alpha value is -1.23. The molecule has 0 N–H and O–H groups in total. The molecule has 0 amide bonds. The third-order valence-corrected chi connectivity index (χ3v) is 4.21. The lowest BCUT2D eigenvalue weighted by atomic mass is 10.1. The number of rotatable bonds is 8. The van der Waals surface area contributed by atoms with Crippen LogP contribution in [0, 0.1) is 0 Å². The summed E-state index contributed by atoms with van der Waals surface area (Å²) in [6.07, 6.45) is 0.0777. The first-order chi connectivity index (χ1) is 10.2. The van der Waals surface area contributed by atoms with E-state index in [2.05, 4.69) is 0 Å². The fourth-order valence-corrected chi connectivity index (χ4v) is 3.33. The van der Waals surface area contributed by atoms with E-state index < -0.39 is 7.60 Å². The molecular formula is C15H19O5P. The Morgan fingerprint density at radius 2 is 1.52 bits per heavy atom. The van der Waals surface area contributed by atoms with E-state index in [0.717, 1.165) is 16.3 Å². The minimum Gasteiger partial charge on any atom is -0.255 e. The topological polar surface area (TPSA) is 54.0 Å². The van der Waals surface area contributed by atoms with Crippen molar-refractivity contribution < 1.29 is 23.7 Å². The van der Waals surface area contributed by atoms with Gasteiger partial charge in [-0.1, -0.05) is 42.5 Å². The molecule has 114 valence electrons. The molecule has 21 heavy (non-hydrogen) atoms. The highest BCUT2D eigenvalue weighted by molar-refractivity contribution is 7.52. The molecule has 0 aromatic heterocycles. The fourth-order valence-electron chi connectivity index (χ4n) is 1.97. The Bertz CT molecular complexity index is 611. The van der Waals surface area contributed by atoms with E-state index in [9.17, 15) is 4.57 Å². The van der Waals surface area contributed by atoms with Crippen molar-refractivity contribution in [3.05, 3.63) is 48.0 Å². The minimum absolute atomic E-state index is 0.0777. The fraction of sp³-hybridized carbons (Fsp3) is 0.333. The maximum Gasteiger partial charge on any atom is 0.388 e. The summed E-state index contributed by atoms with van der Waals surface area (Å²) in [5.41, 5.74) is 0.857. The van der Waals surface area contributed by atoms with Crippen molar-refractivity contribution in [3.63, 3.8) is 0 Å². The van der Waals surface area contributed by atoms with Crippen LogP contribution < -0.4 is 0 Å². The van der Waals surface area contributed by atoms with Crippen LogP contribution in [0.1, 0.15) is 19.4 Å². The van der Waals surface area contributed by atoms with E-state index in [1.807, 2.05) is 42.5 Å². The van der Waals surface area contributed by atoms with Gasteiger partial charge in [-0.15, -0.1) is 9.35 Å². The van der Waals surface area contributed by atoms with Crippen molar-refractivity contribution in [2.24, 2.45) is 0 Å². The van der Waals surface area contributed by atoms with E-state index in [4.69, 9.17) is 19.1 Å². The smallest absolute Gasteiger partial charge is 0.255 e. The van der Waals surface area contributed by atoms with Crippen LogP contribution in [0.25, 0.3) is 10.8 Å². The molecule has 5 nitrogen and oxygen atoms in total. The Labute approximate surface area is 124 Å². The van der Waals surface area contributed by atoms with Crippen LogP contribution in [-0.4, -0.2) is 13.2 Å². The van der Waals surface area contributed by atoms with Gasteiger partial charge >= 0.3 is 7.60 Å². The third kappa shape index (κ3) is 4.37. The molecule has 0 atom stereocenters. The van der Waals surface area contributed by atoms with Crippen molar-refractivity contribution in [2.75, 3.05) is 13.2 Å². The van der Waals surface area contributed by atoms with E-state index in [1.54, 1.807) is 13.8 Å². The van der Waals surface area contributed by atoms with Crippen LogP contribution in [0.4, 0.5) is 0 Å². The second kappa shape index (κ2) is 7.69. The maximum atomic E-state index is 12.6. The van der Waals surface area contributed by atoms with E-state index in [-0.39, 0.29) is 19.4 Å². The molecule has 2 aromatic rings. The van der Waals surface area contributed by atoms with Crippen molar-refractivity contribution in [1.82, 2.24) is 0 Å². The lowest BCUT2D eigenvalue weighted by Gasteiger charge is -2.16. The minimum atomic E-state index is -3.52. The molecule has 0 unspecified atom stereocenters. The predicted molar refractivity (Wildman–Crippen MR) is 80.7 cm³/mol. The van der Waals surface area contributed by atoms with Gasteiger partial charge in [-0.05, 0) is 30.2 Å².